The fraction of sp³-hybridized carbons (Fsp3) is 1.00. The second-order valence-corrected chi connectivity index (χ2v) is 10.1. The Hall–Kier alpha value is 1.32. The van der Waals surface area contributed by atoms with Gasteiger partial charge in [0.05, 0.1) is 0 Å². The number of unbranched alkanes of at least 4 members (excludes halogenated alkanes) is 1. The van der Waals surface area contributed by atoms with E-state index in [2.05, 4.69) is 25.3 Å². The Labute approximate surface area is 106 Å². The minimum absolute atomic E-state index is 0.302. The second kappa shape index (κ2) is 7.04. The van der Waals surface area contributed by atoms with Gasteiger partial charge < -0.3 is 0 Å². The Morgan fingerprint density at radius 1 is 0.688 bits per heavy atom. The molecule has 0 spiro atoms. The first-order valence-electron chi connectivity index (χ1n) is 4.75. The minimum atomic E-state index is -4.17. The summed E-state index contributed by atoms with van der Waals surface area (Å²) in [5.41, 5.74) is 0. The topological polar surface area (TPSA) is 121 Å². The van der Waals surface area contributed by atoms with Gasteiger partial charge in [-0.15, -0.1) is 0 Å². The van der Waals surface area contributed by atoms with Crippen molar-refractivity contribution in [1.29, 1.82) is 0 Å². The Bertz CT molecular complexity index is 184. The Morgan fingerprint density at radius 2 is 0.938 bits per heavy atom. The van der Waals surface area contributed by atoms with Crippen molar-refractivity contribution in [3.63, 3.8) is 0 Å². The van der Waals surface area contributed by atoms with Gasteiger partial charge in [0, 0.05) is 0 Å². The van der Waals surface area contributed by atoms with E-state index in [-0.39, 0.29) is 0 Å². The van der Waals surface area contributed by atoms with Crippen molar-refractivity contribution in [2.75, 3.05) is 0 Å². The Morgan fingerprint density at radius 3 is 1.12 bits per heavy atom. The quantitative estimate of drug-likeness (QED) is 0.190. The van der Waals surface area contributed by atoms with Crippen LogP contribution in [0.3, 0.4) is 0 Å². The third-order valence-electron chi connectivity index (χ3n) is 2.10. The fourth-order valence-electron chi connectivity index (χ4n) is 1.06. The normalized spacial score (nSPS) is 19.2. The van der Waals surface area contributed by atoms with E-state index >= 15 is 0 Å². The fourth-order valence-corrected chi connectivity index (χ4v) is 2.61. The van der Waals surface area contributed by atoms with Gasteiger partial charge in [-0.25, -0.2) is 0 Å². The van der Waals surface area contributed by atoms with Gasteiger partial charge in [-0.05, 0) is 0 Å². The summed E-state index contributed by atoms with van der Waals surface area (Å²) in [5.74, 6) is 0. The van der Waals surface area contributed by atoms with Crippen LogP contribution in [0.4, 0.5) is 0 Å². The van der Waals surface area contributed by atoms with Crippen LogP contribution in [0, 0.1) is 0 Å². The molecule has 6 N–H and O–H groups in total. The second-order valence-electron chi connectivity index (χ2n) is 3.69. The van der Waals surface area contributed by atoms with Crippen molar-refractivity contribution in [3.05, 3.63) is 0 Å². The molecule has 10 heteroatoms. The van der Waals surface area contributed by atoms with Crippen molar-refractivity contribution in [3.8, 4) is 0 Å². The first-order valence-corrected chi connectivity index (χ1v) is 9.62. The Balaban J connectivity index is 3.70. The van der Waals surface area contributed by atoms with E-state index in [9.17, 15) is 0 Å². The molecule has 0 aromatic rings. The summed E-state index contributed by atoms with van der Waals surface area (Å²) in [6, 6.07) is 0. The van der Waals surface area contributed by atoms with Crippen LogP contribution in [0.25, 0.3) is 0 Å². The van der Waals surface area contributed by atoms with Crippen LogP contribution >= 0.6 is 41.1 Å². The zero-order chi connectivity index (χ0) is 13.0. The van der Waals surface area contributed by atoms with Crippen LogP contribution < -0.4 is 0 Å². The van der Waals surface area contributed by atoms with E-state index in [1.54, 1.807) is 0 Å². The standard InChI is InChI=1S/C6H20O6P2S2/c7-13(8,9)5(15)3-1-2-4-6(16)14(10,11)12/h5-16H,1-4H2. The van der Waals surface area contributed by atoms with Gasteiger partial charge >= 0.3 is 106 Å². The zero-order valence-electron chi connectivity index (χ0n) is 8.56. The molecule has 0 aromatic heterocycles. The third kappa shape index (κ3) is 7.61. The first kappa shape index (κ1) is 17.3. The molecule has 0 amide bonds. The molecule has 0 aliphatic carbocycles. The predicted molar refractivity (Wildman–Crippen MR) is 74.0 cm³/mol. The molecular formula is C6H20O6P2S2. The van der Waals surface area contributed by atoms with Crippen LogP contribution in [0.15, 0.2) is 0 Å². The molecule has 2 atom stereocenters. The zero-order valence-corrected chi connectivity index (χ0v) is 12.3. The molecule has 0 aliphatic rings. The molecule has 6 nitrogen and oxygen atoms in total. The first-order chi connectivity index (χ1) is 7.05. The van der Waals surface area contributed by atoms with Crippen molar-refractivity contribution < 1.29 is 29.4 Å². The van der Waals surface area contributed by atoms with Crippen molar-refractivity contribution in [1.82, 2.24) is 0 Å². The van der Waals surface area contributed by atoms with Crippen LogP contribution in [-0.4, -0.2) is 39.3 Å². The van der Waals surface area contributed by atoms with Gasteiger partial charge in [0.15, 0.2) is 0 Å². The van der Waals surface area contributed by atoms with E-state index in [4.69, 9.17) is 29.4 Å². The van der Waals surface area contributed by atoms with E-state index in [0.29, 0.717) is 25.7 Å². The molecular weight excluding hydrogens is 294 g/mol. The molecule has 16 heavy (non-hydrogen) atoms. The van der Waals surface area contributed by atoms with Crippen LogP contribution in [0.1, 0.15) is 25.7 Å². The SMILES string of the molecule is O[PH](O)(O)C(S)CCCCC(S)[PH](O)(O)O. The van der Waals surface area contributed by atoms with Crippen LogP contribution in [0.5, 0.6) is 0 Å². The molecule has 2 unspecified atom stereocenters. The predicted octanol–water partition coefficient (Wildman–Crippen LogP) is 0.00220. The van der Waals surface area contributed by atoms with Gasteiger partial charge in [-0.2, -0.15) is 0 Å². The van der Waals surface area contributed by atoms with Crippen LogP contribution in [0.2, 0.25) is 0 Å². The van der Waals surface area contributed by atoms with Crippen molar-refractivity contribution >= 4 is 41.1 Å². The molecule has 0 bridgehead atoms. The monoisotopic (exact) mass is 314 g/mol. The molecule has 0 fully saturated rings. The van der Waals surface area contributed by atoms with Gasteiger partial charge in [0.2, 0.25) is 0 Å². The molecule has 0 saturated heterocycles. The summed E-state index contributed by atoms with van der Waals surface area (Å²) in [4.78, 5) is 51.5. The molecule has 0 heterocycles. The number of hydrogen-bond acceptors (Lipinski definition) is 8. The third-order valence-corrected chi connectivity index (χ3v) is 7.06. The number of hydrogen-bond donors (Lipinski definition) is 8. The van der Waals surface area contributed by atoms with E-state index in [0.717, 1.165) is 0 Å². The molecule has 102 valence electrons. The molecule has 0 rings (SSSR count). The maximum absolute atomic E-state index is 8.87. The summed E-state index contributed by atoms with van der Waals surface area (Å²) in [6.45, 7) is 0. The van der Waals surface area contributed by atoms with E-state index in [1.165, 1.54) is 0 Å². The maximum atomic E-state index is 8.87. The molecule has 0 radical (unpaired) electrons. The summed E-state index contributed by atoms with van der Waals surface area (Å²) in [7, 11) is -8.34. The Kier molecular flexibility index (Phi) is 7.62. The summed E-state index contributed by atoms with van der Waals surface area (Å²) >= 11 is 7.69. The van der Waals surface area contributed by atoms with Gasteiger partial charge in [0.25, 0.3) is 0 Å². The van der Waals surface area contributed by atoms with Gasteiger partial charge in [-0.3, -0.25) is 0 Å². The molecule has 0 saturated carbocycles. The van der Waals surface area contributed by atoms with Crippen LogP contribution in [-0.2, 0) is 0 Å². The summed E-state index contributed by atoms with van der Waals surface area (Å²) in [6.07, 6.45) is 1.64. The molecule has 0 aliphatic heterocycles. The summed E-state index contributed by atoms with van der Waals surface area (Å²) < 4.78 is 0. The summed E-state index contributed by atoms with van der Waals surface area (Å²) in [5, 5.41) is 0. The van der Waals surface area contributed by atoms with Gasteiger partial charge in [0.1, 0.15) is 0 Å². The average molecular weight is 314 g/mol. The van der Waals surface area contributed by atoms with Crippen molar-refractivity contribution in [2.45, 2.75) is 35.7 Å². The van der Waals surface area contributed by atoms with E-state index < -0.39 is 25.9 Å². The van der Waals surface area contributed by atoms with Gasteiger partial charge in [-0.1, -0.05) is 0 Å². The number of rotatable bonds is 7. The van der Waals surface area contributed by atoms with E-state index in [1.807, 2.05) is 0 Å². The average Bonchev–Trinajstić information content (AvgIpc) is 2.08. The number of thiol groups is 2. The van der Waals surface area contributed by atoms with Crippen molar-refractivity contribution in [2.24, 2.45) is 0 Å². The molecule has 0 aromatic carbocycles.